The van der Waals surface area contributed by atoms with Crippen LogP contribution in [0.15, 0.2) is 30.3 Å². The summed E-state index contributed by atoms with van der Waals surface area (Å²) in [4.78, 5) is 14.8. The van der Waals surface area contributed by atoms with Gasteiger partial charge in [0.2, 0.25) is 0 Å². The van der Waals surface area contributed by atoms with Crippen molar-refractivity contribution in [3.63, 3.8) is 0 Å². The molecule has 2 rings (SSSR count). The first-order valence-electron chi connectivity index (χ1n) is 7.81. The smallest absolute Gasteiger partial charge is 0.319 e. The second kappa shape index (κ2) is 8.13. The molecule has 0 saturated carbocycles. The lowest BCUT2D eigenvalue weighted by Crippen LogP contribution is -2.31. The highest BCUT2D eigenvalue weighted by Gasteiger charge is 2.14. The van der Waals surface area contributed by atoms with Crippen LogP contribution in [0.1, 0.15) is 40.8 Å². The lowest BCUT2D eigenvalue weighted by molar-refractivity contribution is 0.134. The Balaban J connectivity index is 2.01. The Labute approximate surface area is 141 Å². The van der Waals surface area contributed by atoms with E-state index in [2.05, 4.69) is 30.5 Å². The summed E-state index contributed by atoms with van der Waals surface area (Å²) in [5.41, 5.74) is 2.92. The molecule has 0 aliphatic carbocycles. The summed E-state index contributed by atoms with van der Waals surface area (Å²) in [5.74, 6) is 0. The van der Waals surface area contributed by atoms with Gasteiger partial charge in [-0.3, -0.25) is 0 Å². The summed E-state index contributed by atoms with van der Waals surface area (Å²) in [6.07, 6.45) is 0. The van der Waals surface area contributed by atoms with Gasteiger partial charge in [-0.25, -0.2) is 4.79 Å². The van der Waals surface area contributed by atoms with Crippen LogP contribution >= 0.6 is 11.3 Å². The summed E-state index contributed by atoms with van der Waals surface area (Å²) >= 11 is 1.75. The SMILES string of the molecule is CCOCc1ccccc1NC(=O)NC(C)c1cc(C)sc1C. The Morgan fingerprint density at radius 1 is 1.30 bits per heavy atom. The maximum absolute atomic E-state index is 12.3. The molecule has 2 amide bonds. The average molecular weight is 332 g/mol. The van der Waals surface area contributed by atoms with E-state index in [0.29, 0.717) is 13.2 Å². The predicted molar refractivity (Wildman–Crippen MR) is 96.1 cm³/mol. The molecule has 2 aromatic rings. The fourth-order valence-electron chi connectivity index (χ4n) is 2.49. The number of hydrogen-bond acceptors (Lipinski definition) is 3. The molecule has 0 spiro atoms. The van der Waals surface area contributed by atoms with E-state index >= 15 is 0 Å². The monoisotopic (exact) mass is 332 g/mol. The normalized spacial score (nSPS) is 12.0. The number of aryl methyl sites for hydroxylation is 2. The van der Waals surface area contributed by atoms with Crippen LogP contribution in [0, 0.1) is 13.8 Å². The predicted octanol–water partition coefficient (Wildman–Crippen LogP) is 4.78. The molecule has 124 valence electrons. The second-order valence-corrected chi connectivity index (χ2v) is 6.94. The molecule has 5 heteroatoms. The first kappa shape index (κ1) is 17.5. The van der Waals surface area contributed by atoms with Crippen LogP contribution in [-0.4, -0.2) is 12.6 Å². The Morgan fingerprint density at radius 3 is 2.70 bits per heavy atom. The van der Waals surface area contributed by atoms with Gasteiger partial charge in [0.25, 0.3) is 0 Å². The van der Waals surface area contributed by atoms with Crippen molar-refractivity contribution in [1.82, 2.24) is 5.32 Å². The summed E-state index contributed by atoms with van der Waals surface area (Å²) in [5, 5.41) is 5.92. The summed E-state index contributed by atoms with van der Waals surface area (Å²) < 4.78 is 5.44. The quantitative estimate of drug-likeness (QED) is 0.799. The number of ether oxygens (including phenoxy) is 1. The van der Waals surface area contributed by atoms with Crippen LogP contribution < -0.4 is 10.6 Å². The van der Waals surface area contributed by atoms with Crippen LogP contribution in [0.4, 0.5) is 10.5 Å². The lowest BCUT2D eigenvalue weighted by atomic mass is 10.1. The molecule has 1 aromatic carbocycles. The van der Waals surface area contributed by atoms with E-state index in [0.717, 1.165) is 11.3 Å². The van der Waals surface area contributed by atoms with Crippen molar-refractivity contribution in [2.24, 2.45) is 0 Å². The summed E-state index contributed by atoms with van der Waals surface area (Å²) in [6, 6.07) is 9.59. The molecule has 23 heavy (non-hydrogen) atoms. The zero-order valence-electron chi connectivity index (χ0n) is 14.1. The number of urea groups is 1. The zero-order chi connectivity index (χ0) is 16.8. The Kier molecular flexibility index (Phi) is 6.19. The number of carbonyl (C=O) groups is 1. The molecule has 1 aromatic heterocycles. The molecule has 2 N–H and O–H groups in total. The second-order valence-electron chi connectivity index (χ2n) is 5.48. The van der Waals surface area contributed by atoms with Crippen molar-refractivity contribution < 1.29 is 9.53 Å². The fourth-order valence-corrected chi connectivity index (χ4v) is 3.52. The van der Waals surface area contributed by atoms with Gasteiger partial charge in [0.05, 0.1) is 12.6 Å². The van der Waals surface area contributed by atoms with Gasteiger partial charge in [-0.1, -0.05) is 18.2 Å². The molecule has 0 radical (unpaired) electrons. The molecule has 0 saturated heterocycles. The van der Waals surface area contributed by atoms with Crippen molar-refractivity contribution in [3.05, 3.63) is 51.2 Å². The van der Waals surface area contributed by atoms with Crippen LogP contribution in [0.2, 0.25) is 0 Å². The van der Waals surface area contributed by atoms with Crippen LogP contribution in [-0.2, 0) is 11.3 Å². The van der Waals surface area contributed by atoms with E-state index in [-0.39, 0.29) is 12.1 Å². The van der Waals surface area contributed by atoms with Gasteiger partial charge in [-0.15, -0.1) is 11.3 Å². The molecular weight excluding hydrogens is 308 g/mol. The van der Waals surface area contributed by atoms with E-state index in [4.69, 9.17) is 4.74 Å². The number of hydrogen-bond donors (Lipinski definition) is 2. The number of thiophene rings is 1. The van der Waals surface area contributed by atoms with E-state index in [1.165, 1.54) is 15.3 Å². The molecular formula is C18H24N2O2S. The topological polar surface area (TPSA) is 50.4 Å². The van der Waals surface area contributed by atoms with Crippen LogP contribution in [0.5, 0.6) is 0 Å². The lowest BCUT2D eigenvalue weighted by Gasteiger charge is -2.16. The van der Waals surface area contributed by atoms with Gasteiger partial charge < -0.3 is 15.4 Å². The van der Waals surface area contributed by atoms with Crippen molar-refractivity contribution in [3.8, 4) is 0 Å². The molecule has 1 heterocycles. The van der Waals surface area contributed by atoms with Gasteiger partial charge >= 0.3 is 6.03 Å². The third kappa shape index (κ3) is 4.81. The minimum atomic E-state index is -0.204. The number of carbonyl (C=O) groups excluding carboxylic acids is 1. The van der Waals surface area contributed by atoms with Gasteiger partial charge in [-0.05, 0) is 45.4 Å². The highest BCUT2D eigenvalue weighted by Crippen LogP contribution is 2.26. The number of rotatable bonds is 6. The number of para-hydroxylation sites is 1. The number of amides is 2. The standard InChI is InChI=1S/C18H24N2O2S/c1-5-22-11-15-8-6-7-9-17(15)20-18(21)19-13(3)16-10-12(2)23-14(16)4/h6-10,13H,5,11H2,1-4H3,(H2,19,20,21). The first-order valence-corrected chi connectivity index (χ1v) is 8.63. The van der Waals surface area contributed by atoms with Crippen LogP contribution in [0.3, 0.4) is 0 Å². The number of nitrogens with one attached hydrogen (secondary N) is 2. The average Bonchev–Trinajstić information content (AvgIpc) is 2.85. The maximum atomic E-state index is 12.3. The van der Waals surface area contributed by atoms with Gasteiger partial charge in [0, 0.05) is 27.6 Å². The molecule has 0 fully saturated rings. The van der Waals surface area contributed by atoms with Gasteiger partial charge in [-0.2, -0.15) is 0 Å². The van der Waals surface area contributed by atoms with Crippen molar-refractivity contribution in [2.75, 3.05) is 11.9 Å². The van der Waals surface area contributed by atoms with Crippen molar-refractivity contribution in [2.45, 2.75) is 40.3 Å². The van der Waals surface area contributed by atoms with E-state index in [1.54, 1.807) is 11.3 Å². The minimum Gasteiger partial charge on any atom is -0.377 e. The highest BCUT2D eigenvalue weighted by molar-refractivity contribution is 7.12. The Morgan fingerprint density at radius 2 is 2.04 bits per heavy atom. The van der Waals surface area contributed by atoms with Gasteiger partial charge in [0.15, 0.2) is 0 Å². The zero-order valence-corrected chi connectivity index (χ0v) is 14.9. The number of anilines is 1. The van der Waals surface area contributed by atoms with E-state index in [9.17, 15) is 4.79 Å². The molecule has 0 aliphatic heterocycles. The number of benzene rings is 1. The molecule has 1 unspecified atom stereocenters. The fraction of sp³-hybridized carbons (Fsp3) is 0.389. The summed E-state index contributed by atoms with van der Waals surface area (Å²) in [6.45, 7) is 9.26. The van der Waals surface area contributed by atoms with E-state index in [1.807, 2.05) is 38.1 Å². The minimum absolute atomic E-state index is 0.0287. The third-order valence-electron chi connectivity index (χ3n) is 3.62. The van der Waals surface area contributed by atoms with E-state index < -0.39 is 0 Å². The highest BCUT2D eigenvalue weighted by atomic mass is 32.1. The molecule has 4 nitrogen and oxygen atoms in total. The Hall–Kier alpha value is -1.85. The third-order valence-corrected chi connectivity index (χ3v) is 4.60. The first-order chi connectivity index (χ1) is 11.0. The Bertz CT molecular complexity index is 667. The largest absolute Gasteiger partial charge is 0.377 e. The molecule has 0 aliphatic rings. The van der Waals surface area contributed by atoms with Crippen molar-refractivity contribution >= 4 is 23.1 Å². The van der Waals surface area contributed by atoms with Gasteiger partial charge in [0.1, 0.15) is 0 Å². The summed E-state index contributed by atoms with van der Waals surface area (Å²) in [7, 11) is 0. The molecule has 1 atom stereocenters. The van der Waals surface area contributed by atoms with Crippen molar-refractivity contribution in [1.29, 1.82) is 0 Å². The maximum Gasteiger partial charge on any atom is 0.319 e. The van der Waals surface area contributed by atoms with Crippen LogP contribution in [0.25, 0.3) is 0 Å². The molecule has 0 bridgehead atoms.